The minimum Gasteiger partial charge on any atom is -0.368 e. The van der Waals surface area contributed by atoms with E-state index in [0.717, 1.165) is 22.1 Å². The summed E-state index contributed by atoms with van der Waals surface area (Å²) in [5, 5.41) is 5.65. The zero-order valence-corrected chi connectivity index (χ0v) is 15.1. The maximum Gasteiger partial charge on any atom is 0.255 e. The second-order valence-corrected chi connectivity index (χ2v) is 6.78. The molecule has 0 radical (unpaired) electrons. The van der Waals surface area contributed by atoms with Gasteiger partial charge in [-0.2, -0.15) is 0 Å². The van der Waals surface area contributed by atoms with Crippen LogP contribution in [-0.4, -0.2) is 24.5 Å². The third-order valence-electron chi connectivity index (χ3n) is 3.72. The predicted octanol–water partition coefficient (Wildman–Crippen LogP) is 3.66. The van der Waals surface area contributed by atoms with Crippen LogP contribution < -0.4 is 10.6 Å². The Hall–Kier alpha value is -1.93. The molecule has 0 aromatic heterocycles. The van der Waals surface area contributed by atoms with Crippen molar-refractivity contribution in [3.8, 4) is 0 Å². The lowest BCUT2D eigenvalue weighted by Crippen LogP contribution is -2.27. The monoisotopic (exact) mass is 436 g/mol. The number of halogens is 1. The molecule has 0 saturated carbocycles. The lowest BCUT2D eigenvalue weighted by atomic mass is 10.1. The van der Waals surface area contributed by atoms with E-state index in [9.17, 15) is 9.59 Å². The fourth-order valence-electron chi connectivity index (χ4n) is 2.48. The van der Waals surface area contributed by atoms with Gasteiger partial charge < -0.3 is 15.4 Å². The average Bonchev–Trinajstić information content (AvgIpc) is 3.12. The number of carbonyl (C=O) groups is 2. The molecule has 1 fully saturated rings. The highest BCUT2D eigenvalue weighted by Gasteiger charge is 2.23. The first-order chi connectivity index (χ1) is 11.6. The maximum absolute atomic E-state index is 12.3. The van der Waals surface area contributed by atoms with E-state index in [0.29, 0.717) is 17.9 Å². The molecule has 2 aromatic carbocycles. The fraction of sp³-hybridized carbons (Fsp3) is 0.222. The molecule has 0 spiro atoms. The first kappa shape index (κ1) is 16.9. The highest BCUT2D eigenvalue weighted by atomic mass is 127. The number of ether oxygens (including phenoxy) is 1. The van der Waals surface area contributed by atoms with Crippen LogP contribution >= 0.6 is 22.6 Å². The van der Waals surface area contributed by atoms with Crippen molar-refractivity contribution in [1.82, 2.24) is 0 Å². The summed E-state index contributed by atoms with van der Waals surface area (Å²) >= 11 is 2.21. The maximum atomic E-state index is 12.3. The highest BCUT2D eigenvalue weighted by Crippen LogP contribution is 2.17. The molecule has 6 heteroatoms. The van der Waals surface area contributed by atoms with Gasteiger partial charge >= 0.3 is 0 Å². The van der Waals surface area contributed by atoms with Crippen molar-refractivity contribution in [2.24, 2.45) is 0 Å². The van der Waals surface area contributed by atoms with E-state index in [1.54, 1.807) is 24.3 Å². The minimum atomic E-state index is -0.394. The van der Waals surface area contributed by atoms with Crippen molar-refractivity contribution in [3.63, 3.8) is 0 Å². The van der Waals surface area contributed by atoms with Crippen LogP contribution in [-0.2, 0) is 9.53 Å². The molecule has 1 atom stereocenters. The summed E-state index contributed by atoms with van der Waals surface area (Å²) in [6, 6.07) is 14.4. The molecule has 2 N–H and O–H groups in total. The Morgan fingerprint density at radius 2 is 1.83 bits per heavy atom. The summed E-state index contributed by atoms with van der Waals surface area (Å²) in [4.78, 5) is 24.4. The van der Waals surface area contributed by atoms with E-state index in [-0.39, 0.29) is 11.8 Å². The molecule has 124 valence electrons. The zero-order valence-electron chi connectivity index (χ0n) is 12.9. The molecule has 24 heavy (non-hydrogen) atoms. The van der Waals surface area contributed by atoms with Gasteiger partial charge in [-0.15, -0.1) is 0 Å². The van der Waals surface area contributed by atoms with Crippen molar-refractivity contribution < 1.29 is 14.3 Å². The topological polar surface area (TPSA) is 67.4 Å². The van der Waals surface area contributed by atoms with Crippen molar-refractivity contribution in [2.45, 2.75) is 18.9 Å². The number of amides is 2. The van der Waals surface area contributed by atoms with Crippen molar-refractivity contribution in [1.29, 1.82) is 0 Å². The molecule has 1 unspecified atom stereocenters. The largest absolute Gasteiger partial charge is 0.368 e. The SMILES string of the molecule is O=C(Nc1ccc(I)cc1)c1cccc(NC(=O)C2CCCO2)c1. The number of anilines is 2. The van der Waals surface area contributed by atoms with E-state index in [1.807, 2.05) is 24.3 Å². The first-order valence-corrected chi connectivity index (χ1v) is 8.79. The molecular formula is C18H17IN2O3. The molecule has 2 amide bonds. The van der Waals surface area contributed by atoms with Gasteiger partial charge in [0.05, 0.1) is 0 Å². The molecule has 0 aliphatic carbocycles. The third kappa shape index (κ3) is 4.33. The van der Waals surface area contributed by atoms with Crippen molar-refractivity contribution in [2.75, 3.05) is 17.2 Å². The number of rotatable bonds is 4. The van der Waals surface area contributed by atoms with E-state index in [2.05, 4.69) is 33.2 Å². The molecular weight excluding hydrogens is 419 g/mol. The summed E-state index contributed by atoms with van der Waals surface area (Å²) in [5.74, 6) is -0.382. The summed E-state index contributed by atoms with van der Waals surface area (Å²) in [7, 11) is 0. The highest BCUT2D eigenvalue weighted by molar-refractivity contribution is 14.1. The smallest absolute Gasteiger partial charge is 0.255 e. The molecule has 3 rings (SSSR count). The van der Waals surface area contributed by atoms with Crippen LogP contribution in [0.15, 0.2) is 48.5 Å². The lowest BCUT2D eigenvalue weighted by Gasteiger charge is -2.11. The number of hydrogen-bond donors (Lipinski definition) is 2. The standard InChI is InChI=1S/C18H17IN2O3/c19-13-6-8-14(9-7-13)20-17(22)12-3-1-4-15(11-12)21-18(23)16-5-2-10-24-16/h1,3-4,6-9,11,16H,2,5,10H2,(H,20,22)(H,21,23). The quantitative estimate of drug-likeness (QED) is 0.720. The third-order valence-corrected chi connectivity index (χ3v) is 4.44. The Balaban J connectivity index is 1.66. The van der Waals surface area contributed by atoms with Gasteiger partial charge in [-0.3, -0.25) is 9.59 Å². The van der Waals surface area contributed by atoms with Gasteiger partial charge in [0.2, 0.25) is 0 Å². The number of nitrogens with one attached hydrogen (secondary N) is 2. The fourth-order valence-corrected chi connectivity index (χ4v) is 2.84. The van der Waals surface area contributed by atoms with Crippen LogP contribution in [0.25, 0.3) is 0 Å². The van der Waals surface area contributed by atoms with E-state index >= 15 is 0 Å². The van der Waals surface area contributed by atoms with E-state index < -0.39 is 6.10 Å². The van der Waals surface area contributed by atoms with Crippen LogP contribution in [0, 0.1) is 3.57 Å². The van der Waals surface area contributed by atoms with Gasteiger partial charge in [-0.25, -0.2) is 0 Å². The van der Waals surface area contributed by atoms with Gasteiger partial charge in [0, 0.05) is 27.1 Å². The van der Waals surface area contributed by atoms with E-state index in [4.69, 9.17) is 4.74 Å². The number of hydrogen-bond acceptors (Lipinski definition) is 3. The van der Waals surface area contributed by atoms with E-state index in [1.165, 1.54) is 0 Å². The molecule has 1 saturated heterocycles. The Labute approximate surface area is 153 Å². The first-order valence-electron chi connectivity index (χ1n) is 7.71. The predicted molar refractivity (Wildman–Crippen MR) is 101 cm³/mol. The Bertz CT molecular complexity index is 740. The summed E-state index contributed by atoms with van der Waals surface area (Å²) in [6.07, 6.45) is 1.24. The Morgan fingerprint density at radius 1 is 1.04 bits per heavy atom. The van der Waals surface area contributed by atoms with Gasteiger partial charge in [-0.1, -0.05) is 6.07 Å². The van der Waals surface area contributed by atoms with Crippen molar-refractivity contribution in [3.05, 3.63) is 57.7 Å². The summed E-state index contributed by atoms with van der Waals surface area (Å²) < 4.78 is 6.46. The van der Waals surface area contributed by atoms with Crippen LogP contribution in [0.2, 0.25) is 0 Å². The molecule has 1 aliphatic heterocycles. The van der Waals surface area contributed by atoms with Crippen LogP contribution in [0.3, 0.4) is 0 Å². The molecule has 0 bridgehead atoms. The van der Waals surface area contributed by atoms with Crippen LogP contribution in [0.1, 0.15) is 23.2 Å². The summed E-state index contributed by atoms with van der Waals surface area (Å²) in [5.41, 5.74) is 1.80. The zero-order chi connectivity index (χ0) is 16.9. The van der Waals surface area contributed by atoms with Gasteiger partial charge in [0.15, 0.2) is 0 Å². The number of carbonyl (C=O) groups excluding carboxylic acids is 2. The van der Waals surface area contributed by atoms with Gasteiger partial charge in [0.1, 0.15) is 6.10 Å². The average molecular weight is 436 g/mol. The number of benzene rings is 2. The Kier molecular flexibility index (Phi) is 5.47. The van der Waals surface area contributed by atoms with Crippen LogP contribution in [0.5, 0.6) is 0 Å². The van der Waals surface area contributed by atoms with Crippen LogP contribution in [0.4, 0.5) is 11.4 Å². The lowest BCUT2D eigenvalue weighted by molar-refractivity contribution is -0.124. The minimum absolute atomic E-state index is 0.164. The van der Waals surface area contributed by atoms with Gasteiger partial charge in [0.25, 0.3) is 11.8 Å². The van der Waals surface area contributed by atoms with Crippen molar-refractivity contribution >= 4 is 45.8 Å². The van der Waals surface area contributed by atoms with Gasteiger partial charge in [-0.05, 0) is 77.9 Å². The molecule has 2 aromatic rings. The normalized spacial score (nSPS) is 16.6. The molecule has 5 nitrogen and oxygen atoms in total. The second kappa shape index (κ2) is 7.76. The molecule has 1 aliphatic rings. The summed E-state index contributed by atoms with van der Waals surface area (Å²) in [6.45, 7) is 0.622. The second-order valence-electron chi connectivity index (χ2n) is 5.53. The molecule has 1 heterocycles. The Morgan fingerprint density at radius 3 is 2.54 bits per heavy atom.